The lowest BCUT2D eigenvalue weighted by molar-refractivity contribution is -0.128. The second-order valence-electron chi connectivity index (χ2n) is 4.11. The van der Waals surface area contributed by atoms with Crippen LogP contribution in [0.2, 0.25) is 0 Å². The van der Waals surface area contributed by atoms with Gasteiger partial charge in [0.15, 0.2) is 0 Å². The van der Waals surface area contributed by atoms with Gasteiger partial charge in [0.1, 0.15) is 0 Å². The molecule has 1 saturated heterocycles. The Balaban J connectivity index is 2.36. The van der Waals surface area contributed by atoms with E-state index in [9.17, 15) is 9.59 Å². The van der Waals surface area contributed by atoms with E-state index in [1.807, 2.05) is 13.8 Å². The molecule has 1 unspecified atom stereocenters. The van der Waals surface area contributed by atoms with Crippen LogP contribution in [0.15, 0.2) is 0 Å². The molecule has 1 aliphatic heterocycles. The Kier molecular flexibility index (Phi) is 3.49. The molecule has 1 N–H and O–H groups in total. The molecule has 4 nitrogen and oxygen atoms in total. The lowest BCUT2D eigenvalue weighted by Gasteiger charge is -2.16. The summed E-state index contributed by atoms with van der Waals surface area (Å²) in [6.07, 6.45) is 0.873. The van der Waals surface area contributed by atoms with Gasteiger partial charge in [0, 0.05) is 32.0 Å². The third-order valence-corrected chi connectivity index (χ3v) is 2.50. The Morgan fingerprint density at radius 1 is 1.43 bits per heavy atom. The van der Waals surface area contributed by atoms with E-state index in [2.05, 4.69) is 5.32 Å². The molecule has 1 fully saturated rings. The second-order valence-corrected chi connectivity index (χ2v) is 4.11. The normalized spacial score (nSPS) is 21.4. The third-order valence-electron chi connectivity index (χ3n) is 2.50. The summed E-state index contributed by atoms with van der Waals surface area (Å²) in [4.78, 5) is 24.2. The van der Waals surface area contributed by atoms with E-state index in [-0.39, 0.29) is 23.8 Å². The topological polar surface area (TPSA) is 49.4 Å². The maximum atomic E-state index is 11.4. The zero-order valence-corrected chi connectivity index (χ0v) is 9.04. The zero-order valence-electron chi connectivity index (χ0n) is 9.04. The van der Waals surface area contributed by atoms with Gasteiger partial charge in [-0.3, -0.25) is 9.59 Å². The minimum absolute atomic E-state index is 0.0152. The van der Waals surface area contributed by atoms with Crippen LogP contribution in [0.4, 0.5) is 0 Å². The number of amides is 2. The van der Waals surface area contributed by atoms with Gasteiger partial charge in [0.25, 0.3) is 0 Å². The summed E-state index contributed by atoms with van der Waals surface area (Å²) < 4.78 is 0. The molecule has 0 aromatic heterocycles. The molecule has 0 aliphatic carbocycles. The van der Waals surface area contributed by atoms with E-state index in [4.69, 9.17) is 0 Å². The van der Waals surface area contributed by atoms with Gasteiger partial charge in [0.05, 0.1) is 0 Å². The first-order valence-electron chi connectivity index (χ1n) is 5.06. The molecule has 1 heterocycles. The summed E-state index contributed by atoms with van der Waals surface area (Å²) in [6.45, 7) is 6.72. The van der Waals surface area contributed by atoms with Crippen molar-refractivity contribution in [2.75, 3.05) is 13.1 Å². The van der Waals surface area contributed by atoms with Crippen LogP contribution in [0.1, 0.15) is 27.2 Å². The molecular weight excluding hydrogens is 180 g/mol. The summed E-state index contributed by atoms with van der Waals surface area (Å²) >= 11 is 0. The van der Waals surface area contributed by atoms with E-state index < -0.39 is 0 Å². The SMILES string of the molecule is CC(=O)N1CCC(NC(=O)C(C)C)C1. The highest BCUT2D eigenvalue weighted by atomic mass is 16.2. The molecule has 0 spiro atoms. The molecule has 4 heteroatoms. The van der Waals surface area contributed by atoms with Gasteiger partial charge in [-0.2, -0.15) is 0 Å². The average Bonchev–Trinajstić information content (AvgIpc) is 2.52. The second kappa shape index (κ2) is 4.44. The largest absolute Gasteiger partial charge is 0.351 e. The van der Waals surface area contributed by atoms with Crippen molar-refractivity contribution in [3.05, 3.63) is 0 Å². The van der Waals surface area contributed by atoms with Crippen molar-refractivity contribution < 1.29 is 9.59 Å². The van der Waals surface area contributed by atoms with Crippen LogP contribution in [0, 0.1) is 5.92 Å². The van der Waals surface area contributed by atoms with Crippen molar-refractivity contribution >= 4 is 11.8 Å². The van der Waals surface area contributed by atoms with Crippen LogP contribution < -0.4 is 5.32 Å². The number of hydrogen-bond donors (Lipinski definition) is 1. The van der Waals surface area contributed by atoms with E-state index in [0.29, 0.717) is 6.54 Å². The summed E-state index contributed by atoms with van der Waals surface area (Å²) in [5.41, 5.74) is 0. The first-order chi connectivity index (χ1) is 6.50. The molecule has 0 aromatic carbocycles. The monoisotopic (exact) mass is 198 g/mol. The maximum Gasteiger partial charge on any atom is 0.222 e. The number of nitrogens with zero attached hydrogens (tertiary/aromatic N) is 1. The van der Waals surface area contributed by atoms with Crippen molar-refractivity contribution in [1.29, 1.82) is 0 Å². The van der Waals surface area contributed by atoms with Gasteiger partial charge in [-0.15, -0.1) is 0 Å². The van der Waals surface area contributed by atoms with Crippen molar-refractivity contribution in [2.45, 2.75) is 33.2 Å². The minimum Gasteiger partial charge on any atom is -0.351 e. The number of rotatable bonds is 2. The number of carbonyl (C=O) groups excluding carboxylic acids is 2. The smallest absolute Gasteiger partial charge is 0.222 e. The Labute approximate surface area is 84.7 Å². The number of carbonyl (C=O) groups is 2. The van der Waals surface area contributed by atoms with Crippen molar-refractivity contribution in [3.63, 3.8) is 0 Å². The zero-order chi connectivity index (χ0) is 10.7. The number of hydrogen-bond acceptors (Lipinski definition) is 2. The number of likely N-dealkylation sites (tertiary alicyclic amines) is 1. The van der Waals surface area contributed by atoms with Crippen molar-refractivity contribution in [2.24, 2.45) is 5.92 Å². The molecule has 0 aromatic rings. The molecule has 1 aliphatic rings. The first-order valence-corrected chi connectivity index (χ1v) is 5.06. The predicted molar refractivity (Wildman–Crippen MR) is 53.6 cm³/mol. The highest BCUT2D eigenvalue weighted by Crippen LogP contribution is 2.09. The summed E-state index contributed by atoms with van der Waals surface area (Å²) in [5, 5.41) is 2.93. The van der Waals surface area contributed by atoms with E-state index >= 15 is 0 Å². The molecule has 0 bridgehead atoms. The molecule has 2 amide bonds. The molecule has 80 valence electrons. The minimum atomic E-state index is 0.0152. The number of nitrogens with one attached hydrogen (secondary N) is 1. The van der Waals surface area contributed by atoms with Crippen LogP contribution in [-0.2, 0) is 9.59 Å². The lowest BCUT2D eigenvalue weighted by Crippen LogP contribution is -2.39. The lowest BCUT2D eigenvalue weighted by atomic mass is 10.2. The summed E-state index contributed by atoms with van der Waals surface area (Å²) in [7, 11) is 0. The van der Waals surface area contributed by atoms with Gasteiger partial charge < -0.3 is 10.2 Å². The fourth-order valence-electron chi connectivity index (χ4n) is 1.53. The molecule has 0 radical (unpaired) electrons. The molecule has 1 atom stereocenters. The van der Waals surface area contributed by atoms with Crippen LogP contribution in [0.5, 0.6) is 0 Å². The van der Waals surface area contributed by atoms with Gasteiger partial charge in [-0.05, 0) is 6.42 Å². The predicted octanol–water partition coefficient (Wildman–Crippen LogP) is 0.379. The van der Waals surface area contributed by atoms with Crippen LogP contribution in [-0.4, -0.2) is 35.8 Å². The van der Waals surface area contributed by atoms with Crippen molar-refractivity contribution in [3.8, 4) is 0 Å². The van der Waals surface area contributed by atoms with Crippen molar-refractivity contribution in [1.82, 2.24) is 10.2 Å². The van der Waals surface area contributed by atoms with Crippen LogP contribution in [0.25, 0.3) is 0 Å². The van der Waals surface area contributed by atoms with Gasteiger partial charge in [0.2, 0.25) is 11.8 Å². The average molecular weight is 198 g/mol. The Bertz CT molecular complexity index is 238. The Hall–Kier alpha value is -1.06. The van der Waals surface area contributed by atoms with Crippen LogP contribution >= 0.6 is 0 Å². The van der Waals surface area contributed by atoms with E-state index in [1.54, 1.807) is 11.8 Å². The Morgan fingerprint density at radius 3 is 2.50 bits per heavy atom. The Morgan fingerprint density at radius 2 is 2.07 bits per heavy atom. The highest BCUT2D eigenvalue weighted by Gasteiger charge is 2.25. The van der Waals surface area contributed by atoms with Gasteiger partial charge >= 0.3 is 0 Å². The molecule has 14 heavy (non-hydrogen) atoms. The fourth-order valence-corrected chi connectivity index (χ4v) is 1.53. The third kappa shape index (κ3) is 2.72. The molecule has 1 rings (SSSR count). The van der Waals surface area contributed by atoms with Crippen LogP contribution in [0.3, 0.4) is 0 Å². The van der Waals surface area contributed by atoms with E-state index in [0.717, 1.165) is 13.0 Å². The molecule has 0 saturated carbocycles. The maximum absolute atomic E-state index is 11.4. The highest BCUT2D eigenvalue weighted by molar-refractivity contribution is 5.78. The van der Waals surface area contributed by atoms with E-state index in [1.165, 1.54) is 0 Å². The van der Waals surface area contributed by atoms with Gasteiger partial charge in [-0.1, -0.05) is 13.8 Å². The standard InChI is InChI=1S/C10H18N2O2/c1-7(2)10(14)11-9-4-5-12(6-9)8(3)13/h7,9H,4-6H2,1-3H3,(H,11,14). The van der Waals surface area contributed by atoms with Gasteiger partial charge in [-0.25, -0.2) is 0 Å². The quantitative estimate of drug-likeness (QED) is 0.697. The molecular formula is C10H18N2O2. The summed E-state index contributed by atoms with van der Waals surface area (Å²) in [5.74, 6) is 0.174. The fraction of sp³-hybridized carbons (Fsp3) is 0.800. The summed E-state index contributed by atoms with van der Waals surface area (Å²) in [6, 6.07) is 0.147. The first kappa shape index (κ1) is 11.0.